The standard InChI is InChI=1S/C34H52O16Si3/c1-13-27(35)41-19-33(20-42-28(36)14-2,21-43-29(37)15-3)25-47-51(7,8)49-53(11,12)50-52(9,10)48-26-34(22-44-30(38)16-4,23-45-31(39)17-5)24-46-32(40)18-6/h13-18H,1-6,19-26H2,7-12H3. The second kappa shape index (κ2) is 22.7. The van der Waals surface area contributed by atoms with Gasteiger partial charge in [-0.2, -0.15) is 0 Å². The van der Waals surface area contributed by atoms with E-state index in [4.69, 9.17) is 45.5 Å². The Hall–Kier alpha value is -4.25. The molecule has 0 heterocycles. The summed E-state index contributed by atoms with van der Waals surface area (Å²) >= 11 is 0. The normalized spacial score (nSPS) is 11.9. The van der Waals surface area contributed by atoms with Gasteiger partial charge in [-0.1, -0.05) is 39.5 Å². The maximum Gasteiger partial charge on any atom is 0.330 e. The van der Waals surface area contributed by atoms with E-state index in [-0.39, 0.29) is 13.2 Å². The summed E-state index contributed by atoms with van der Waals surface area (Å²) in [5, 5.41) is 0. The zero-order valence-electron chi connectivity index (χ0n) is 31.4. The smallest absolute Gasteiger partial charge is 0.330 e. The average Bonchev–Trinajstić information content (AvgIpc) is 3.11. The van der Waals surface area contributed by atoms with Gasteiger partial charge in [0.25, 0.3) is 0 Å². The fourth-order valence-electron chi connectivity index (χ4n) is 4.12. The summed E-state index contributed by atoms with van der Waals surface area (Å²) in [6.07, 6.45) is 5.65. The van der Waals surface area contributed by atoms with Crippen LogP contribution in [0.2, 0.25) is 39.3 Å². The van der Waals surface area contributed by atoms with Crippen molar-refractivity contribution in [1.29, 1.82) is 0 Å². The lowest BCUT2D eigenvalue weighted by atomic mass is 9.92. The number of carbonyl (C=O) groups is 6. The van der Waals surface area contributed by atoms with Gasteiger partial charge in [0, 0.05) is 36.5 Å². The zero-order chi connectivity index (χ0) is 40.9. The lowest BCUT2D eigenvalue weighted by molar-refractivity contribution is -0.161. The van der Waals surface area contributed by atoms with Crippen LogP contribution in [0.25, 0.3) is 0 Å². The van der Waals surface area contributed by atoms with E-state index in [1.54, 1.807) is 39.3 Å². The molecule has 296 valence electrons. The molecule has 0 amide bonds. The predicted octanol–water partition coefficient (Wildman–Crippen LogP) is 3.51. The Bertz CT molecular complexity index is 1150. The first-order chi connectivity index (χ1) is 24.6. The summed E-state index contributed by atoms with van der Waals surface area (Å²) < 4.78 is 57.1. The molecule has 0 N–H and O–H groups in total. The fourth-order valence-corrected chi connectivity index (χ4v) is 15.9. The molecule has 0 aliphatic carbocycles. The molecule has 53 heavy (non-hydrogen) atoms. The lowest BCUT2D eigenvalue weighted by Crippen LogP contribution is -2.56. The monoisotopic (exact) mass is 800 g/mol. The third-order valence-electron chi connectivity index (χ3n) is 6.56. The minimum Gasteiger partial charge on any atom is -0.462 e. The molecule has 0 aliphatic heterocycles. The summed E-state index contributed by atoms with van der Waals surface area (Å²) in [6, 6.07) is 0. The van der Waals surface area contributed by atoms with Crippen molar-refractivity contribution in [1.82, 2.24) is 0 Å². The molecule has 0 atom stereocenters. The molecular weight excluding hydrogens is 749 g/mol. The highest BCUT2D eigenvalue weighted by Gasteiger charge is 2.46. The largest absolute Gasteiger partial charge is 0.462 e. The molecule has 16 nitrogen and oxygen atoms in total. The molecule has 0 aliphatic rings. The molecule has 0 aromatic carbocycles. The molecule has 0 saturated carbocycles. The quantitative estimate of drug-likeness (QED) is 0.0482. The SMILES string of the molecule is C=CC(=O)OCC(COC(=O)C=C)(COC(=O)C=C)CO[Si](C)(C)O[Si](C)(C)O[Si](C)(C)OCC(COC(=O)C=C)(COC(=O)C=C)COC(=O)C=C. The third kappa shape index (κ3) is 20.5. The molecular formula is C34H52O16Si3. The minimum absolute atomic E-state index is 0.258. The van der Waals surface area contributed by atoms with E-state index in [0.717, 1.165) is 36.5 Å². The topological polar surface area (TPSA) is 195 Å². The van der Waals surface area contributed by atoms with Crippen LogP contribution in [-0.2, 0) is 74.3 Å². The van der Waals surface area contributed by atoms with Crippen molar-refractivity contribution < 1.29 is 74.3 Å². The first kappa shape index (κ1) is 48.8. The van der Waals surface area contributed by atoms with Crippen LogP contribution in [0.3, 0.4) is 0 Å². The third-order valence-corrected chi connectivity index (χ3v) is 16.1. The van der Waals surface area contributed by atoms with Gasteiger partial charge in [0.15, 0.2) is 0 Å². The van der Waals surface area contributed by atoms with Crippen LogP contribution in [-0.4, -0.2) is 114 Å². The summed E-state index contributed by atoms with van der Waals surface area (Å²) in [4.78, 5) is 71.9. The van der Waals surface area contributed by atoms with Gasteiger partial charge >= 0.3 is 61.5 Å². The van der Waals surface area contributed by atoms with E-state index in [1.807, 2.05) is 0 Å². The molecule has 0 saturated heterocycles. The van der Waals surface area contributed by atoms with Gasteiger partial charge in [0.1, 0.15) is 39.6 Å². The first-order valence-electron chi connectivity index (χ1n) is 16.0. The van der Waals surface area contributed by atoms with E-state index >= 15 is 0 Å². The van der Waals surface area contributed by atoms with Gasteiger partial charge in [-0.25, -0.2) is 28.8 Å². The summed E-state index contributed by atoms with van der Waals surface area (Å²) in [5.41, 5.74) is -2.76. The average molecular weight is 801 g/mol. The van der Waals surface area contributed by atoms with Crippen LogP contribution in [0, 0.1) is 10.8 Å². The number of hydrogen-bond acceptors (Lipinski definition) is 16. The molecule has 0 rings (SSSR count). The highest BCUT2D eigenvalue weighted by molar-refractivity contribution is 6.84. The number of esters is 6. The Labute approximate surface area is 314 Å². The van der Waals surface area contributed by atoms with Crippen molar-refractivity contribution in [3.63, 3.8) is 0 Å². The van der Waals surface area contributed by atoms with Crippen molar-refractivity contribution in [3.05, 3.63) is 75.9 Å². The maximum absolute atomic E-state index is 12.0. The van der Waals surface area contributed by atoms with Gasteiger partial charge in [0.05, 0.1) is 24.0 Å². The second-order valence-electron chi connectivity index (χ2n) is 12.9. The van der Waals surface area contributed by atoms with Crippen LogP contribution in [0.15, 0.2) is 75.9 Å². The van der Waals surface area contributed by atoms with Crippen molar-refractivity contribution in [3.8, 4) is 0 Å². The summed E-state index contributed by atoms with van der Waals surface area (Å²) in [6.45, 7) is 27.8. The van der Waals surface area contributed by atoms with E-state index in [2.05, 4.69) is 39.5 Å². The Morgan fingerprint density at radius 1 is 0.377 bits per heavy atom. The second-order valence-corrected chi connectivity index (χ2v) is 23.5. The van der Waals surface area contributed by atoms with Crippen LogP contribution >= 0.6 is 0 Å². The fraction of sp³-hybridized carbons (Fsp3) is 0.471. The molecule has 0 radical (unpaired) electrons. The van der Waals surface area contributed by atoms with Crippen LogP contribution in [0.1, 0.15) is 0 Å². The molecule has 0 spiro atoms. The van der Waals surface area contributed by atoms with Gasteiger partial charge in [-0.3, -0.25) is 0 Å². The predicted molar refractivity (Wildman–Crippen MR) is 198 cm³/mol. The molecule has 0 bridgehead atoms. The highest BCUT2D eigenvalue weighted by Crippen LogP contribution is 2.29. The van der Waals surface area contributed by atoms with Gasteiger partial charge in [-0.05, 0) is 39.3 Å². The Morgan fingerprint density at radius 3 is 0.736 bits per heavy atom. The van der Waals surface area contributed by atoms with Crippen molar-refractivity contribution >= 4 is 61.5 Å². The number of carbonyl (C=O) groups excluding carboxylic acids is 6. The van der Waals surface area contributed by atoms with E-state index in [0.29, 0.717) is 0 Å². The molecule has 19 heteroatoms. The number of hydrogen-bond donors (Lipinski definition) is 0. The van der Waals surface area contributed by atoms with E-state index in [9.17, 15) is 28.8 Å². The van der Waals surface area contributed by atoms with Crippen molar-refractivity contribution in [2.24, 2.45) is 10.8 Å². The van der Waals surface area contributed by atoms with Crippen molar-refractivity contribution in [2.45, 2.75) is 39.3 Å². The van der Waals surface area contributed by atoms with Crippen molar-refractivity contribution in [2.75, 3.05) is 52.9 Å². The lowest BCUT2D eigenvalue weighted by Gasteiger charge is -2.40. The Morgan fingerprint density at radius 2 is 0.566 bits per heavy atom. The Kier molecular flexibility index (Phi) is 20.9. The summed E-state index contributed by atoms with van der Waals surface area (Å²) in [7, 11) is -9.48. The van der Waals surface area contributed by atoms with Gasteiger partial charge < -0.3 is 45.5 Å². The Balaban J connectivity index is 6.22. The van der Waals surface area contributed by atoms with Gasteiger partial charge in [0.2, 0.25) is 0 Å². The number of rotatable bonds is 28. The molecule has 0 fully saturated rings. The highest BCUT2D eigenvalue weighted by atomic mass is 28.5. The molecule has 0 aromatic rings. The zero-order valence-corrected chi connectivity index (χ0v) is 34.4. The maximum atomic E-state index is 12.0. The van der Waals surface area contributed by atoms with E-state index < -0.39 is 112 Å². The molecule has 0 aromatic heterocycles. The van der Waals surface area contributed by atoms with Crippen LogP contribution in [0.5, 0.6) is 0 Å². The minimum atomic E-state index is -3.17. The summed E-state index contributed by atoms with van der Waals surface area (Å²) in [5.74, 6) is -4.66. The van der Waals surface area contributed by atoms with Crippen LogP contribution < -0.4 is 0 Å². The van der Waals surface area contributed by atoms with Crippen LogP contribution in [0.4, 0.5) is 0 Å². The molecule has 0 unspecified atom stereocenters. The van der Waals surface area contributed by atoms with Gasteiger partial charge in [-0.15, -0.1) is 0 Å². The van der Waals surface area contributed by atoms with E-state index in [1.165, 1.54) is 0 Å². The number of ether oxygens (including phenoxy) is 6. The first-order valence-corrected chi connectivity index (χ1v) is 24.4.